The maximum atomic E-state index is 12.7. The second-order valence-electron chi connectivity index (χ2n) is 8.65. The molecule has 1 aromatic carbocycles. The van der Waals surface area contributed by atoms with Crippen molar-refractivity contribution in [2.75, 3.05) is 12.3 Å². The Kier molecular flexibility index (Phi) is 6.89. The van der Waals surface area contributed by atoms with Crippen LogP contribution in [0.2, 0.25) is 0 Å². The lowest BCUT2D eigenvalue weighted by molar-refractivity contribution is -0.0245. The Morgan fingerprint density at radius 2 is 1.85 bits per heavy atom. The van der Waals surface area contributed by atoms with Crippen LogP contribution in [-0.2, 0) is 4.74 Å². The van der Waals surface area contributed by atoms with Crippen molar-refractivity contribution in [3.63, 3.8) is 0 Å². The number of hydrogen-bond acceptors (Lipinski definition) is 12. The predicted octanol–water partition coefficient (Wildman–Crippen LogP) is 0.0511. The second kappa shape index (κ2) is 10.4. The highest BCUT2D eigenvalue weighted by atomic mass is 16.6. The third kappa shape index (κ3) is 4.86. The maximum Gasteiger partial charge on any atom is 0.255 e. The Morgan fingerprint density at radius 3 is 2.62 bits per heavy atom. The third-order valence-corrected chi connectivity index (χ3v) is 6.18. The van der Waals surface area contributed by atoms with Crippen molar-refractivity contribution in [1.82, 2.24) is 29.8 Å². The third-order valence-electron chi connectivity index (χ3n) is 6.18. The van der Waals surface area contributed by atoms with Crippen LogP contribution < -0.4 is 11.1 Å². The second-order valence-corrected chi connectivity index (χ2v) is 8.65. The lowest BCUT2D eigenvalue weighted by Gasteiger charge is -2.16. The van der Waals surface area contributed by atoms with Gasteiger partial charge in [0.25, 0.3) is 5.91 Å². The van der Waals surface area contributed by atoms with Crippen LogP contribution in [0.25, 0.3) is 11.2 Å². The molecular formula is C25H23N7O7. The molecule has 0 spiro atoms. The van der Waals surface area contributed by atoms with E-state index in [-0.39, 0.29) is 23.5 Å². The Bertz CT molecular complexity index is 1570. The van der Waals surface area contributed by atoms with E-state index in [2.05, 4.69) is 25.3 Å². The number of ether oxygens (including phenoxy) is 1. The monoisotopic (exact) mass is 533 g/mol. The molecule has 3 aromatic heterocycles. The van der Waals surface area contributed by atoms with E-state index in [4.69, 9.17) is 10.5 Å². The van der Waals surface area contributed by atoms with Crippen molar-refractivity contribution in [3.05, 3.63) is 78.2 Å². The van der Waals surface area contributed by atoms with E-state index in [0.29, 0.717) is 16.7 Å². The summed E-state index contributed by atoms with van der Waals surface area (Å²) < 4.78 is 7.23. The number of carbonyl (C=O) groups is 2. The number of carbonyl (C=O) groups excluding carboxylic acids is 2. The quantitative estimate of drug-likeness (QED) is 0.105. The Hall–Kier alpha value is -4.92. The van der Waals surface area contributed by atoms with E-state index in [9.17, 15) is 30.0 Å². The van der Waals surface area contributed by atoms with Gasteiger partial charge in [-0.3, -0.25) is 19.1 Å². The van der Waals surface area contributed by atoms with Crippen molar-refractivity contribution in [2.45, 2.75) is 24.5 Å². The molecular weight excluding hydrogens is 510 g/mol. The fourth-order valence-electron chi connectivity index (χ4n) is 4.17. The number of pyridine rings is 1. The Morgan fingerprint density at radius 1 is 1.08 bits per heavy atom. The number of aromatic hydroxyl groups is 2. The van der Waals surface area contributed by atoms with Gasteiger partial charge in [-0.15, -0.1) is 0 Å². The van der Waals surface area contributed by atoms with Gasteiger partial charge in [0.05, 0.1) is 11.9 Å². The van der Waals surface area contributed by atoms with E-state index in [1.165, 1.54) is 60.0 Å². The summed E-state index contributed by atoms with van der Waals surface area (Å²) in [5.41, 5.74) is 6.43. The fourth-order valence-corrected chi connectivity index (χ4v) is 4.17. The molecule has 14 nitrogen and oxygen atoms in total. The van der Waals surface area contributed by atoms with E-state index in [1.807, 2.05) is 0 Å². The van der Waals surface area contributed by atoms with Crippen molar-refractivity contribution >= 4 is 28.7 Å². The van der Waals surface area contributed by atoms with Gasteiger partial charge in [-0.2, -0.15) is 0 Å². The zero-order chi connectivity index (χ0) is 27.7. The summed E-state index contributed by atoms with van der Waals surface area (Å²) in [6.45, 7) is -0.0628. The lowest BCUT2D eigenvalue weighted by atomic mass is 10.0. The number of nitrogen functional groups attached to an aromatic ring is 1. The molecule has 200 valence electrons. The Balaban J connectivity index is 1.25. The van der Waals surface area contributed by atoms with Gasteiger partial charge in [0.15, 0.2) is 35.0 Å². The molecule has 1 aliphatic rings. The van der Waals surface area contributed by atoms with E-state index in [1.54, 1.807) is 0 Å². The number of nitrogens with one attached hydrogen (secondary N) is 1. The van der Waals surface area contributed by atoms with Crippen LogP contribution in [0, 0.1) is 0 Å². The standard InChI is InChI=1S/C25H23N7O7/c26-22-17-23(30-10-29-22)32(11-31-17)25-21(37)20(36)16(39-25)2-1-5-28-24(38)14-8-13(9-15(33)19(14)35)18(34)12-3-6-27-7-4-12/h1-4,6-11,16,20-21,25,33,35-37H,5H2,(H,28,38)(H2,26,29,30)/b2-1+/t16-,20+,21?,25-/m1/s1. The molecule has 7 N–H and O–H groups in total. The summed E-state index contributed by atoms with van der Waals surface area (Å²) in [5, 5.41) is 43.8. The number of nitrogens with zero attached hydrogens (tertiary/aromatic N) is 5. The first-order valence-corrected chi connectivity index (χ1v) is 11.7. The van der Waals surface area contributed by atoms with Crippen LogP contribution in [-0.4, -0.2) is 81.5 Å². The average Bonchev–Trinajstić information content (AvgIpc) is 3.49. The van der Waals surface area contributed by atoms with Gasteiger partial charge in [0.2, 0.25) is 0 Å². The van der Waals surface area contributed by atoms with Crippen LogP contribution in [0.4, 0.5) is 5.82 Å². The smallest absolute Gasteiger partial charge is 0.255 e. The molecule has 14 heteroatoms. The van der Waals surface area contributed by atoms with Crippen LogP contribution >= 0.6 is 0 Å². The number of amides is 1. The van der Waals surface area contributed by atoms with Gasteiger partial charge < -0.3 is 36.2 Å². The van der Waals surface area contributed by atoms with Crippen LogP contribution in [0.5, 0.6) is 11.5 Å². The number of nitrogens with two attached hydrogens (primary N) is 1. The highest BCUT2D eigenvalue weighted by molar-refractivity contribution is 6.11. The first-order valence-electron chi connectivity index (χ1n) is 11.7. The van der Waals surface area contributed by atoms with Crippen LogP contribution in [0.3, 0.4) is 0 Å². The molecule has 1 fully saturated rings. The summed E-state index contributed by atoms with van der Waals surface area (Å²) in [6, 6.07) is 5.21. The minimum Gasteiger partial charge on any atom is -0.504 e. The number of fused-ring (bicyclic) bond motifs is 1. The van der Waals surface area contributed by atoms with Gasteiger partial charge in [-0.1, -0.05) is 12.2 Å². The number of phenols is 2. The molecule has 0 saturated carbocycles. The number of imidazole rings is 1. The SMILES string of the molecule is Nc1ncnc2c1ncn2[C@@H]1O[C@H](/C=C/CNC(=O)c2cc(C(=O)c3ccncc3)cc(O)c2O)[C@H](O)C1O. The molecule has 39 heavy (non-hydrogen) atoms. The highest BCUT2D eigenvalue weighted by Gasteiger charge is 2.43. The number of hydrogen-bond donors (Lipinski definition) is 6. The molecule has 1 saturated heterocycles. The lowest BCUT2D eigenvalue weighted by Crippen LogP contribution is -2.31. The van der Waals surface area contributed by atoms with Gasteiger partial charge >= 0.3 is 0 Å². The number of aliphatic hydroxyl groups excluding tert-OH is 2. The topological polar surface area (TPSA) is 219 Å². The van der Waals surface area contributed by atoms with Gasteiger partial charge in [-0.05, 0) is 24.3 Å². The number of phenolic OH excluding ortho intramolecular Hbond substituents is 2. The number of aliphatic hydroxyl groups is 2. The molecule has 0 aliphatic carbocycles. The van der Waals surface area contributed by atoms with Crippen molar-refractivity contribution < 1.29 is 34.8 Å². The van der Waals surface area contributed by atoms with Crippen molar-refractivity contribution in [1.29, 1.82) is 0 Å². The number of anilines is 1. The number of ketones is 1. The summed E-state index contributed by atoms with van der Waals surface area (Å²) in [4.78, 5) is 41.4. The molecule has 1 amide bonds. The molecule has 4 aromatic rings. The van der Waals surface area contributed by atoms with Gasteiger partial charge in [0.1, 0.15) is 30.2 Å². The minimum atomic E-state index is -1.32. The number of rotatable bonds is 7. The summed E-state index contributed by atoms with van der Waals surface area (Å²) in [7, 11) is 0. The highest BCUT2D eigenvalue weighted by Crippen LogP contribution is 2.33. The zero-order valence-corrected chi connectivity index (χ0v) is 20.1. The number of benzene rings is 1. The van der Waals surface area contributed by atoms with E-state index >= 15 is 0 Å². The molecule has 5 rings (SSSR count). The zero-order valence-electron chi connectivity index (χ0n) is 20.1. The van der Waals surface area contributed by atoms with Gasteiger partial charge in [0, 0.05) is 30.1 Å². The van der Waals surface area contributed by atoms with Crippen molar-refractivity contribution in [2.24, 2.45) is 0 Å². The fraction of sp³-hybridized carbons (Fsp3) is 0.200. The summed E-state index contributed by atoms with van der Waals surface area (Å²) >= 11 is 0. The molecule has 1 aliphatic heterocycles. The molecule has 4 atom stereocenters. The maximum absolute atomic E-state index is 12.7. The molecule has 0 bridgehead atoms. The predicted molar refractivity (Wildman–Crippen MR) is 135 cm³/mol. The summed E-state index contributed by atoms with van der Waals surface area (Å²) in [5.74, 6) is -2.38. The first-order chi connectivity index (χ1) is 18.8. The van der Waals surface area contributed by atoms with E-state index in [0.717, 1.165) is 6.07 Å². The minimum absolute atomic E-state index is 0.00116. The largest absolute Gasteiger partial charge is 0.504 e. The average molecular weight is 534 g/mol. The number of aromatic nitrogens is 5. The normalized spacial score (nSPS) is 21.0. The first kappa shape index (κ1) is 25.7. The molecule has 1 unspecified atom stereocenters. The molecule has 4 heterocycles. The molecule has 0 radical (unpaired) electrons. The van der Waals surface area contributed by atoms with Crippen molar-refractivity contribution in [3.8, 4) is 11.5 Å². The van der Waals surface area contributed by atoms with Crippen LogP contribution in [0.1, 0.15) is 32.5 Å². The summed E-state index contributed by atoms with van der Waals surface area (Å²) in [6.07, 6.45) is 3.87. The Labute approximate surface area is 220 Å². The van der Waals surface area contributed by atoms with Gasteiger partial charge in [-0.25, -0.2) is 15.0 Å². The van der Waals surface area contributed by atoms with Crippen LogP contribution in [0.15, 0.2) is 61.5 Å². The van der Waals surface area contributed by atoms with E-state index < -0.39 is 47.7 Å².